The van der Waals surface area contributed by atoms with E-state index in [1.807, 2.05) is 0 Å². The molecule has 21 heavy (non-hydrogen) atoms. The van der Waals surface area contributed by atoms with Crippen LogP contribution in [0.1, 0.15) is 58.8 Å². The zero-order valence-electron chi connectivity index (χ0n) is 13.8. The van der Waals surface area contributed by atoms with Gasteiger partial charge >= 0.3 is 9.28 Å². The van der Waals surface area contributed by atoms with Crippen molar-refractivity contribution in [2.75, 3.05) is 13.2 Å². The Morgan fingerprint density at radius 2 is 1.52 bits per heavy atom. The van der Waals surface area contributed by atoms with E-state index in [-0.39, 0.29) is 0 Å². The topological polar surface area (TPSA) is 18.5 Å². The molecule has 0 spiro atoms. The van der Waals surface area contributed by atoms with Crippen molar-refractivity contribution < 1.29 is 8.85 Å². The molecule has 4 aliphatic carbocycles. The van der Waals surface area contributed by atoms with Gasteiger partial charge in [0.25, 0.3) is 0 Å². The standard InChI is InChI=1S/C18H32O2Si/c1-3-19-21(20-4-2)18-15-8-7-14(11-15)17(18)16-10-12-5-6-13(16)9-12/h12-18,21H,3-11H2,1-2H3. The molecule has 0 amide bonds. The maximum atomic E-state index is 6.21. The molecule has 2 nitrogen and oxygen atoms in total. The molecule has 0 aromatic carbocycles. The summed E-state index contributed by atoms with van der Waals surface area (Å²) in [4.78, 5) is 0. The average molecular weight is 309 g/mol. The summed E-state index contributed by atoms with van der Waals surface area (Å²) in [7, 11) is -1.47. The summed E-state index contributed by atoms with van der Waals surface area (Å²) in [6, 6.07) is 0. The van der Waals surface area contributed by atoms with E-state index in [0.29, 0.717) is 0 Å². The van der Waals surface area contributed by atoms with E-state index in [1.165, 1.54) is 32.1 Å². The second-order valence-corrected chi connectivity index (χ2v) is 10.3. The van der Waals surface area contributed by atoms with Crippen LogP contribution in [0, 0.1) is 35.5 Å². The first-order valence-electron chi connectivity index (χ1n) is 9.55. The summed E-state index contributed by atoms with van der Waals surface area (Å²) < 4.78 is 12.4. The van der Waals surface area contributed by atoms with E-state index in [1.54, 1.807) is 12.8 Å². The summed E-state index contributed by atoms with van der Waals surface area (Å²) in [6.45, 7) is 6.01. The molecule has 0 radical (unpaired) electrons. The van der Waals surface area contributed by atoms with Gasteiger partial charge in [-0.1, -0.05) is 12.8 Å². The summed E-state index contributed by atoms with van der Waals surface area (Å²) in [5, 5.41) is 0. The second kappa shape index (κ2) is 5.97. The molecule has 0 heterocycles. The van der Waals surface area contributed by atoms with Gasteiger partial charge in [-0.25, -0.2) is 0 Å². The minimum Gasteiger partial charge on any atom is -0.397 e. The van der Waals surface area contributed by atoms with Crippen molar-refractivity contribution >= 4 is 9.28 Å². The Hall–Kier alpha value is 0.137. The Kier molecular flexibility index (Phi) is 4.18. The SMILES string of the molecule is CCO[SiH](OCC)C1C2CCC(C2)C1C1CC2CCC1C2. The lowest BCUT2D eigenvalue weighted by atomic mass is 9.72. The molecule has 0 aromatic heterocycles. The zero-order valence-corrected chi connectivity index (χ0v) is 15.0. The van der Waals surface area contributed by atoms with Crippen molar-refractivity contribution in [2.45, 2.75) is 64.3 Å². The lowest BCUT2D eigenvalue weighted by Crippen LogP contribution is -2.40. The third-order valence-electron chi connectivity index (χ3n) is 7.31. The van der Waals surface area contributed by atoms with Crippen LogP contribution in [-0.4, -0.2) is 22.5 Å². The second-order valence-electron chi connectivity index (χ2n) is 8.11. The van der Waals surface area contributed by atoms with Crippen molar-refractivity contribution in [3.05, 3.63) is 0 Å². The fourth-order valence-corrected chi connectivity index (χ4v) is 9.74. The van der Waals surface area contributed by atoms with Gasteiger partial charge in [0.1, 0.15) is 0 Å². The first-order valence-corrected chi connectivity index (χ1v) is 11.2. The highest BCUT2D eigenvalue weighted by atomic mass is 28.3. The normalized spacial score (nSPS) is 47.9. The number of hydrogen-bond donors (Lipinski definition) is 0. The molecule has 0 aromatic rings. The minimum absolute atomic E-state index is 0.841. The van der Waals surface area contributed by atoms with E-state index in [2.05, 4.69) is 13.8 Å². The molecule has 0 saturated heterocycles. The highest BCUT2D eigenvalue weighted by Crippen LogP contribution is 2.64. The zero-order chi connectivity index (χ0) is 14.4. The summed E-state index contributed by atoms with van der Waals surface area (Å²) in [5.41, 5.74) is 0.841. The van der Waals surface area contributed by atoms with Gasteiger partial charge < -0.3 is 8.85 Å². The van der Waals surface area contributed by atoms with E-state index >= 15 is 0 Å². The Morgan fingerprint density at radius 3 is 2.14 bits per heavy atom. The molecule has 7 atom stereocenters. The van der Waals surface area contributed by atoms with Crippen LogP contribution in [0.25, 0.3) is 0 Å². The third kappa shape index (κ3) is 2.44. The molecule has 0 N–H and O–H groups in total. The summed E-state index contributed by atoms with van der Waals surface area (Å²) in [6.07, 6.45) is 10.7. The quantitative estimate of drug-likeness (QED) is 0.687. The first kappa shape index (κ1) is 14.7. The Balaban J connectivity index is 1.55. The molecular weight excluding hydrogens is 276 g/mol. The van der Waals surface area contributed by atoms with Gasteiger partial charge in [0.15, 0.2) is 0 Å². The number of hydrogen-bond acceptors (Lipinski definition) is 2. The van der Waals surface area contributed by atoms with Crippen LogP contribution in [-0.2, 0) is 8.85 Å². The van der Waals surface area contributed by atoms with Crippen LogP contribution in [0.3, 0.4) is 0 Å². The largest absolute Gasteiger partial charge is 0.397 e. The molecule has 4 aliphatic rings. The monoisotopic (exact) mass is 308 g/mol. The van der Waals surface area contributed by atoms with E-state index in [9.17, 15) is 0 Å². The molecule has 3 heteroatoms. The van der Waals surface area contributed by atoms with Gasteiger partial charge in [-0.2, -0.15) is 0 Å². The molecule has 0 aliphatic heterocycles. The van der Waals surface area contributed by atoms with Crippen LogP contribution < -0.4 is 0 Å². The minimum atomic E-state index is -1.47. The van der Waals surface area contributed by atoms with Gasteiger partial charge in [0.2, 0.25) is 0 Å². The number of fused-ring (bicyclic) bond motifs is 4. The number of rotatable bonds is 6. The fourth-order valence-electron chi connectivity index (χ4n) is 6.78. The van der Waals surface area contributed by atoms with Gasteiger partial charge in [-0.15, -0.1) is 0 Å². The van der Waals surface area contributed by atoms with Gasteiger partial charge in [0, 0.05) is 18.8 Å². The molecule has 4 fully saturated rings. The van der Waals surface area contributed by atoms with E-state index < -0.39 is 9.28 Å². The highest BCUT2D eigenvalue weighted by molar-refractivity contribution is 6.46. The van der Waals surface area contributed by atoms with E-state index in [4.69, 9.17) is 8.85 Å². The molecular formula is C18H32O2Si. The smallest absolute Gasteiger partial charge is 0.325 e. The van der Waals surface area contributed by atoms with Crippen molar-refractivity contribution in [1.82, 2.24) is 0 Å². The van der Waals surface area contributed by atoms with Crippen LogP contribution in [0.15, 0.2) is 0 Å². The van der Waals surface area contributed by atoms with E-state index in [0.717, 1.165) is 54.3 Å². The predicted molar refractivity (Wildman–Crippen MR) is 87.4 cm³/mol. The Morgan fingerprint density at radius 1 is 0.810 bits per heavy atom. The lowest BCUT2D eigenvalue weighted by Gasteiger charge is -2.41. The molecule has 4 rings (SSSR count). The van der Waals surface area contributed by atoms with Crippen LogP contribution in [0.4, 0.5) is 0 Å². The van der Waals surface area contributed by atoms with Crippen molar-refractivity contribution in [1.29, 1.82) is 0 Å². The fraction of sp³-hybridized carbons (Fsp3) is 1.00. The molecule has 4 bridgehead atoms. The molecule has 120 valence electrons. The Labute approximate surface area is 131 Å². The van der Waals surface area contributed by atoms with Crippen molar-refractivity contribution in [3.8, 4) is 0 Å². The highest BCUT2D eigenvalue weighted by Gasteiger charge is 2.57. The average Bonchev–Trinajstić information content (AvgIpc) is 3.25. The van der Waals surface area contributed by atoms with Crippen LogP contribution >= 0.6 is 0 Å². The van der Waals surface area contributed by atoms with Gasteiger partial charge in [-0.05, 0) is 81.5 Å². The maximum absolute atomic E-state index is 6.21. The lowest BCUT2D eigenvalue weighted by molar-refractivity contribution is 0.126. The predicted octanol–water partition coefficient (Wildman–Crippen LogP) is 4.13. The summed E-state index contributed by atoms with van der Waals surface area (Å²) >= 11 is 0. The third-order valence-corrected chi connectivity index (χ3v) is 10.3. The first-order chi connectivity index (χ1) is 10.3. The maximum Gasteiger partial charge on any atom is 0.325 e. The van der Waals surface area contributed by atoms with Crippen LogP contribution in [0.5, 0.6) is 0 Å². The molecule has 4 saturated carbocycles. The van der Waals surface area contributed by atoms with Crippen molar-refractivity contribution in [2.24, 2.45) is 35.5 Å². The van der Waals surface area contributed by atoms with Crippen molar-refractivity contribution in [3.63, 3.8) is 0 Å². The van der Waals surface area contributed by atoms with Gasteiger partial charge in [0.05, 0.1) is 0 Å². The molecule has 7 unspecified atom stereocenters. The summed E-state index contributed by atoms with van der Waals surface area (Å²) in [5.74, 6) is 6.15. The van der Waals surface area contributed by atoms with Crippen LogP contribution in [0.2, 0.25) is 5.54 Å². The van der Waals surface area contributed by atoms with Gasteiger partial charge in [-0.3, -0.25) is 0 Å². The Bertz CT molecular complexity index is 368.